The van der Waals surface area contributed by atoms with Crippen molar-refractivity contribution < 1.29 is 14.7 Å². The molecule has 2 N–H and O–H groups in total. The third-order valence-electron chi connectivity index (χ3n) is 3.27. The Morgan fingerprint density at radius 1 is 1.29 bits per heavy atom. The number of carbonyl (C=O) groups is 2. The molecule has 6 nitrogen and oxygen atoms in total. The molecule has 1 heterocycles. The molecule has 0 saturated carbocycles. The van der Waals surface area contributed by atoms with Gasteiger partial charge in [-0.1, -0.05) is 25.5 Å². The second-order valence-electron chi connectivity index (χ2n) is 4.83. The van der Waals surface area contributed by atoms with Crippen LogP contribution in [-0.2, 0) is 4.79 Å². The van der Waals surface area contributed by atoms with Crippen LogP contribution in [0.2, 0.25) is 0 Å². The van der Waals surface area contributed by atoms with Crippen LogP contribution in [0.1, 0.15) is 30.3 Å². The zero-order chi connectivity index (χ0) is 15.2. The van der Waals surface area contributed by atoms with E-state index in [1.54, 1.807) is 6.07 Å². The minimum atomic E-state index is -0.860. The van der Waals surface area contributed by atoms with Crippen molar-refractivity contribution >= 4 is 22.9 Å². The van der Waals surface area contributed by atoms with Gasteiger partial charge in [0.05, 0.1) is 17.2 Å². The van der Waals surface area contributed by atoms with Crippen molar-refractivity contribution in [2.24, 2.45) is 5.92 Å². The number of aliphatic carboxylic acids is 1. The van der Waals surface area contributed by atoms with Gasteiger partial charge in [0, 0.05) is 13.0 Å². The maximum atomic E-state index is 12.0. The molecule has 1 unspecified atom stereocenters. The summed E-state index contributed by atoms with van der Waals surface area (Å²) in [6, 6.07) is 7.30. The maximum Gasteiger partial charge on any atom is 0.303 e. The molecule has 0 saturated heterocycles. The number of carbonyl (C=O) groups excluding carboxylic acids is 1. The lowest BCUT2D eigenvalue weighted by Crippen LogP contribution is -2.30. The van der Waals surface area contributed by atoms with Crippen LogP contribution in [0.3, 0.4) is 0 Å². The van der Waals surface area contributed by atoms with Gasteiger partial charge in [-0.3, -0.25) is 14.6 Å². The topological polar surface area (TPSA) is 92.2 Å². The van der Waals surface area contributed by atoms with Gasteiger partial charge in [-0.2, -0.15) is 0 Å². The van der Waals surface area contributed by atoms with Crippen LogP contribution in [0.15, 0.2) is 30.5 Å². The van der Waals surface area contributed by atoms with E-state index in [0.717, 1.165) is 5.52 Å². The largest absolute Gasteiger partial charge is 0.481 e. The number of benzene rings is 1. The summed E-state index contributed by atoms with van der Waals surface area (Å²) in [4.78, 5) is 31.2. The molecule has 1 amide bonds. The van der Waals surface area contributed by atoms with Gasteiger partial charge in [-0.25, -0.2) is 4.98 Å². The molecule has 0 radical (unpaired) electrons. The summed E-state index contributed by atoms with van der Waals surface area (Å²) in [6.45, 7) is 2.21. The average molecular weight is 287 g/mol. The fourth-order valence-electron chi connectivity index (χ4n) is 2.00. The molecule has 1 atom stereocenters. The Bertz CT molecular complexity index is 657. The number of rotatable bonds is 6. The number of carboxylic acid groups (broad SMARTS) is 1. The summed E-state index contributed by atoms with van der Waals surface area (Å²) < 4.78 is 0. The molecule has 1 aromatic heterocycles. The maximum absolute atomic E-state index is 12.0. The molecule has 0 spiro atoms. The van der Waals surface area contributed by atoms with E-state index in [1.165, 1.54) is 6.20 Å². The SMILES string of the molecule is CCC(CNC(=O)c1cnc2ccccc2n1)CC(=O)O. The first kappa shape index (κ1) is 14.9. The molecule has 0 aliphatic rings. The Balaban J connectivity index is 2.03. The van der Waals surface area contributed by atoms with E-state index in [-0.39, 0.29) is 23.9 Å². The van der Waals surface area contributed by atoms with Crippen LogP contribution >= 0.6 is 0 Å². The number of carboxylic acids is 1. The molecule has 6 heteroatoms. The zero-order valence-electron chi connectivity index (χ0n) is 11.7. The molecule has 110 valence electrons. The van der Waals surface area contributed by atoms with Gasteiger partial charge in [0.1, 0.15) is 5.69 Å². The summed E-state index contributed by atoms with van der Waals surface area (Å²) >= 11 is 0. The van der Waals surface area contributed by atoms with Crippen LogP contribution in [0.4, 0.5) is 0 Å². The number of nitrogens with one attached hydrogen (secondary N) is 1. The standard InChI is InChI=1S/C15H17N3O3/c1-2-10(7-14(19)20)8-17-15(21)13-9-16-11-5-3-4-6-12(11)18-13/h3-6,9-10H,2,7-8H2,1H3,(H,17,21)(H,19,20). The molecular formula is C15H17N3O3. The van der Waals surface area contributed by atoms with E-state index in [4.69, 9.17) is 5.11 Å². The highest BCUT2D eigenvalue weighted by Crippen LogP contribution is 2.09. The zero-order valence-corrected chi connectivity index (χ0v) is 11.7. The van der Waals surface area contributed by atoms with Crippen LogP contribution in [0.5, 0.6) is 0 Å². The summed E-state index contributed by atoms with van der Waals surface area (Å²) in [6.07, 6.45) is 2.16. The normalized spacial score (nSPS) is 12.0. The lowest BCUT2D eigenvalue weighted by molar-refractivity contribution is -0.138. The Kier molecular flexibility index (Phi) is 4.81. The monoisotopic (exact) mass is 287 g/mol. The number of fused-ring (bicyclic) bond motifs is 1. The van der Waals surface area contributed by atoms with E-state index >= 15 is 0 Å². The van der Waals surface area contributed by atoms with Gasteiger partial charge in [0.2, 0.25) is 0 Å². The minimum absolute atomic E-state index is 0.0418. The van der Waals surface area contributed by atoms with E-state index in [1.807, 2.05) is 25.1 Å². The smallest absolute Gasteiger partial charge is 0.303 e. The summed E-state index contributed by atoms with van der Waals surface area (Å²) in [7, 11) is 0. The van der Waals surface area contributed by atoms with Crippen LogP contribution in [-0.4, -0.2) is 33.5 Å². The Morgan fingerprint density at radius 3 is 2.67 bits per heavy atom. The molecule has 0 aliphatic carbocycles. The van der Waals surface area contributed by atoms with Gasteiger partial charge in [0.15, 0.2) is 0 Å². The number of hydrogen-bond donors (Lipinski definition) is 2. The number of amides is 1. The Morgan fingerprint density at radius 2 is 2.00 bits per heavy atom. The predicted octanol–water partition coefficient (Wildman–Crippen LogP) is 1.86. The van der Waals surface area contributed by atoms with Gasteiger partial charge < -0.3 is 10.4 Å². The fourth-order valence-corrected chi connectivity index (χ4v) is 2.00. The highest BCUT2D eigenvalue weighted by molar-refractivity contribution is 5.93. The average Bonchev–Trinajstić information content (AvgIpc) is 2.50. The van der Waals surface area contributed by atoms with E-state index in [0.29, 0.717) is 18.5 Å². The van der Waals surface area contributed by atoms with Gasteiger partial charge >= 0.3 is 5.97 Å². The van der Waals surface area contributed by atoms with Crippen molar-refractivity contribution in [1.82, 2.24) is 15.3 Å². The summed E-state index contributed by atoms with van der Waals surface area (Å²) in [5.41, 5.74) is 1.62. The molecule has 1 aromatic carbocycles. The van der Waals surface area contributed by atoms with Crippen molar-refractivity contribution in [3.8, 4) is 0 Å². The third-order valence-corrected chi connectivity index (χ3v) is 3.27. The Hall–Kier alpha value is -2.50. The van der Waals surface area contributed by atoms with Crippen LogP contribution < -0.4 is 5.32 Å². The molecule has 0 bridgehead atoms. The lowest BCUT2D eigenvalue weighted by atomic mass is 10.0. The first-order valence-corrected chi connectivity index (χ1v) is 6.82. The van der Waals surface area contributed by atoms with Gasteiger partial charge in [0.25, 0.3) is 5.91 Å². The molecule has 0 fully saturated rings. The van der Waals surface area contributed by atoms with Crippen molar-refractivity contribution in [2.45, 2.75) is 19.8 Å². The van der Waals surface area contributed by atoms with Gasteiger partial charge in [-0.15, -0.1) is 0 Å². The van der Waals surface area contributed by atoms with E-state index in [2.05, 4.69) is 15.3 Å². The van der Waals surface area contributed by atoms with Crippen molar-refractivity contribution in [1.29, 1.82) is 0 Å². The second-order valence-corrected chi connectivity index (χ2v) is 4.83. The van der Waals surface area contributed by atoms with Crippen molar-refractivity contribution in [3.05, 3.63) is 36.2 Å². The van der Waals surface area contributed by atoms with E-state index < -0.39 is 5.97 Å². The highest BCUT2D eigenvalue weighted by atomic mass is 16.4. The van der Waals surface area contributed by atoms with Gasteiger partial charge in [-0.05, 0) is 18.1 Å². The minimum Gasteiger partial charge on any atom is -0.481 e. The fraction of sp³-hybridized carbons (Fsp3) is 0.333. The lowest BCUT2D eigenvalue weighted by Gasteiger charge is -2.13. The third kappa shape index (κ3) is 3.98. The molecule has 0 aliphatic heterocycles. The predicted molar refractivity (Wildman–Crippen MR) is 77.9 cm³/mol. The van der Waals surface area contributed by atoms with Crippen molar-refractivity contribution in [2.75, 3.05) is 6.54 Å². The summed E-state index contributed by atoms with van der Waals surface area (Å²) in [5, 5.41) is 11.5. The first-order chi connectivity index (χ1) is 10.1. The number of hydrogen-bond acceptors (Lipinski definition) is 4. The molecule has 2 aromatic rings. The van der Waals surface area contributed by atoms with Crippen molar-refractivity contribution in [3.63, 3.8) is 0 Å². The Labute approximate surface area is 122 Å². The van der Waals surface area contributed by atoms with Crippen LogP contribution in [0.25, 0.3) is 11.0 Å². The first-order valence-electron chi connectivity index (χ1n) is 6.82. The number of aromatic nitrogens is 2. The summed E-state index contributed by atoms with van der Waals surface area (Å²) in [5.74, 6) is -1.28. The molecule has 21 heavy (non-hydrogen) atoms. The quantitative estimate of drug-likeness (QED) is 0.846. The second kappa shape index (κ2) is 6.78. The van der Waals surface area contributed by atoms with E-state index in [9.17, 15) is 9.59 Å². The highest BCUT2D eigenvalue weighted by Gasteiger charge is 2.14. The number of nitrogens with zero attached hydrogens (tertiary/aromatic N) is 2. The molecule has 2 rings (SSSR count). The molecular weight excluding hydrogens is 270 g/mol. The van der Waals surface area contributed by atoms with Crippen LogP contribution in [0, 0.1) is 5.92 Å². The number of para-hydroxylation sites is 2.